The van der Waals surface area contributed by atoms with E-state index in [4.69, 9.17) is 9.47 Å². The Morgan fingerprint density at radius 3 is 2.59 bits per heavy atom. The van der Waals surface area contributed by atoms with Crippen molar-refractivity contribution in [2.75, 3.05) is 26.3 Å². The number of rotatable bonds is 6. The van der Waals surface area contributed by atoms with E-state index in [1.54, 1.807) is 0 Å². The molecule has 0 aromatic rings. The molecule has 22 heavy (non-hydrogen) atoms. The first-order chi connectivity index (χ1) is 10.2. The number of nitrogens with one attached hydrogen (secondary N) is 1. The molecule has 0 radical (unpaired) electrons. The predicted molar refractivity (Wildman–Crippen MR) is 84.6 cm³/mol. The van der Waals surface area contributed by atoms with Crippen LogP contribution in [0.5, 0.6) is 0 Å². The molecule has 0 aliphatic carbocycles. The number of hydrogen-bond donors (Lipinski definition) is 1. The van der Waals surface area contributed by atoms with Gasteiger partial charge >= 0.3 is 6.09 Å². The monoisotopic (exact) mass is 314 g/mol. The summed E-state index contributed by atoms with van der Waals surface area (Å²) in [5.74, 6) is 0.352. The van der Waals surface area contributed by atoms with Gasteiger partial charge in [0.15, 0.2) is 0 Å². The molecule has 1 saturated heterocycles. The first-order valence-electron chi connectivity index (χ1n) is 8.06. The smallest absolute Gasteiger partial charge is 0.410 e. The molecule has 0 aromatic heterocycles. The van der Waals surface area contributed by atoms with Crippen LogP contribution in [0.4, 0.5) is 4.79 Å². The highest BCUT2D eigenvalue weighted by Crippen LogP contribution is 2.20. The highest BCUT2D eigenvalue weighted by Gasteiger charge is 2.36. The molecule has 1 atom stereocenters. The summed E-state index contributed by atoms with van der Waals surface area (Å²) >= 11 is 0. The molecular weight excluding hydrogens is 284 g/mol. The van der Waals surface area contributed by atoms with Crippen molar-refractivity contribution in [3.63, 3.8) is 0 Å². The fourth-order valence-electron chi connectivity index (χ4n) is 2.26. The number of amides is 2. The summed E-state index contributed by atoms with van der Waals surface area (Å²) in [7, 11) is 0. The van der Waals surface area contributed by atoms with Gasteiger partial charge in [-0.05, 0) is 39.5 Å². The lowest BCUT2D eigenvalue weighted by atomic mass is 10.2. The minimum atomic E-state index is -0.550. The Bertz CT molecular complexity index is 377. The summed E-state index contributed by atoms with van der Waals surface area (Å²) in [6.07, 6.45) is 1.08. The first-order valence-corrected chi connectivity index (χ1v) is 8.06. The third-order valence-corrected chi connectivity index (χ3v) is 3.18. The minimum absolute atomic E-state index is 0.128. The van der Waals surface area contributed by atoms with Gasteiger partial charge in [0.25, 0.3) is 0 Å². The second kappa shape index (κ2) is 8.36. The van der Waals surface area contributed by atoms with E-state index in [-0.39, 0.29) is 5.91 Å². The van der Waals surface area contributed by atoms with Crippen LogP contribution in [-0.4, -0.2) is 54.8 Å². The van der Waals surface area contributed by atoms with Crippen LogP contribution in [0.25, 0.3) is 0 Å². The Morgan fingerprint density at radius 2 is 2.00 bits per heavy atom. The highest BCUT2D eigenvalue weighted by atomic mass is 16.6. The van der Waals surface area contributed by atoms with Gasteiger partial charge in [-0.25, -0.2) is 4.79 Å². The fourth-order valence-corrected chi connectivity index (χ4v) is 2.26. The van der Waals surface area contributed by atoms with E-state index < -0.39 is 17.7 Å². The molecule has 1 aliphatic rings. The summed E-state index contributed by atoms with van der Waals surface area (Å²) in [6.45, 7) is 11.8. The molecule has 2 amide bonds. The Labute approximate surface area is 133 Å². The molecule has 0 saturated carbocycles. The van der Waals surface area contributed by atoms with Gasteiger partial charge in [0.2, 0.25) is 5.91 Å². The van der Waals surface area contributed by atoms with Crippen molar-refractivity contribution in [3.8, 4) is 0 Å². The van der Waals surface area contributed by atoms with Gasteiger partial charge in [0, 0.05) is 19.7 Å². The van der Waals surface area contributed by atoms with Crippen LogP contribution in [0.1, 0.15) is 47.5 Å². The maximum Gasteiger partial charge on any atom is 0.410 e. The number of likely N-dealkylation sites (tertiary alicyclic amines) is 1. The minimum Gasteiger partial charge on any atom is -0.444 e. The quantitative estimate of drug-likeness (QED) is 0.763. The van der Waals surface area contributed by atoms with Crippen molar-refractivity contribution in [2.45, 2.75) is 59.1 Å². The molecule has 1 aliphatic heterocycles. The highest BCUT2D eigenvalue weighted by molar-refractivity contribution is 5.86. The Kier molecular flexibility index (Phi) is 7.13. The zero-order chi connectivity index (χ0) is 16.8. The predicted octanol–water partition coefficient (Wildman–Crippen LogP) is 2.17. The van der Waals surface area contributed by atoms with E-state index in [0.29, 0.717) is 38.6 Å². The summed E-state index contributed by atoms with van der Waals surface area (Å²) in [5.41, 5.74) is -0.550. The normalized spacial score (nSPS) is 18.6. The van der Waals surface area contributed by atoms with Gasteiger partial charge in [-0.2, -0.15) is 0 Å². The van der Waals surface area contributed by atoms with Crippen LogP contribution in [0, 0.1) is 5.92 Å². The largest absolute Gasteiger partial charge is 0.444 e. The molecular formula is C16H30N2O4. The molecule has 0 bridgehead atoms. The standard InChI is InChI=1S/C16H30N2O4/c1-12(2)11-21-10-8-17-14(19)13-7-6-9-18(13)15(20)22-16(3,4)5/h12-13H,6-11H2,1-5H3,(H,17,19). The molecule has 128 valence electrons. The molecule has 1 heterocycles. The lowest BCUT2D eigenvalue weighted by molar-refractivity contribution is -0.125. The van der Waals surface area contributed by atoms with Crippen molar-refractivity contribution in [2.24, 2.45) is 5.92 Å². The number of ether oxygens (including phenoxy) is 2. The SMILES string of the molecule is CC(C)COCCNC(=O)C1CCCN1C(=O)OC(C)(C)C. The van der Waals surface area contributed by atoms with Crippen LogP contribution in [0.15, 0.2) is 0 Å². The van der Waals surface area contributed by atoms with Crippen molar-refractivity contribution < 1.29 is 19.1 Å². The molecule has 1 fully saturated rings. The lowest BCUT2D eigenvalue weighted by Gasteiger charge is -2.28. The topological polar surface area (TPSA) is 67.9 Å². The average molecular weight is 314 g/mol. The van der Waals surface area contributed by atoms with Crippen molar-refractivity contribution in [1.29, 1.82) is 0 Å². The van der Waals surface area contributed by atoms with Gasteiger partial charge < -0.3 is 14.8 Å². The number of carbonyl (C=O) groups excluding carboxylic acids is 2. The Hall–Kier alpha value is -1.30. The van der Waals surface area contributed by atoms with E-state index in [0.717, 1.165) is 6.42 Å². The molecule has 6 heteroatoms. The number of nitrogens with zero attached hydrogens (tertiary/aromatic N) is 1. The van der Waals surface area contributed by atoms with Crippen LogP contribution in [-0.2, 0) is 14.3 Å². The number of hydrogen-bond acceptors (Lipinski definition) is 4. The van der Waals surface area contributed by atoms with E-state index in [2.05, 4.69) is 19.2 Å². The fraction of sp³-hybridized carbons (Fsp3) is 0.875. The van der Waals surface area contributed by atoms with Crippen molar-refractivity contribution >= 4 is 12.0 Å². The van der Waals surface area contributed by atoms with Crippen LogP contribution in [0.2, 0.25) is 0 Å². The molecule has 6 nitrogen and oxygen atoms in total. The summed E-state index contributed by atoms with van der Waals surface area (Å²) in [6, 6.07) is -0.431. The van der Waals surface area contributed by atoms with Gasteiger partial charge in [0.05, 0.1) is 6.61 Å². The second-order valence-electron chi connectivity index (χ2n) is 7.09. The molecule has 0 aromatic carbocycles. The van der Waals surface area contributed by atoms with Crippen molar-refractivity contribution in [3.05, 3.63) is 0 Å². The van der Waals surface area contributed by atoms with Gasteiger partial charge in [0.1, 0.15) is 11.6 Å². The van der Waals surface area contributed by atoms with Crippen LogP contribution >= 0.6 is 0 Å². The third-order valence-electron chi connectivity index (χ3n) is 3.18. The van der Waals surface area contributed by atoms with Gasteiger partial charge in [-0.15, -0.1) is 0 Å². The third kappa shape index (κ3) is 6.64. The van der Waals surface area contributed by atoms with E-state index in [1.165, 1.54) is 4.90 Å². The molecule has 1 unspecified atom stereocenters. The van der Waals surface area contributed by atoms with Crippen LogP contribution < -0.4 is 5.32 Å². The van der Waals surface area contributed by atoms with Crippen molar-refractivity contribution in [1.82, 2.24) is 10.2 Å². The van der Waals surface area contributed by atoms with E-state index in [1.807, 2.05) is 20.8 Å². The zero-order valence-corrected chi connectivity index (χ0v) is 14.5. The Morgan fingerprint density at radius 1 is 1.32 bits per heavy atom. The summed E-state index contributed by atoms with van der Waals surface area (Å²) < 4.78 is 10.8. The summed E-state index contributed by atoms with van der Waals surface area (Å²) in [4.78, 5) is 25.9. The molecule has 1 rings (SSSR count). The van der Waals surface area contributed by atoms with Crippen LogP contribution in [0.3, 0.4) is 0 Å². The second-order valence-corrected chi connectivity index (χ2v) is 7.09. The maximum absolute atomic E-state index is 12.2. The number of carbonyl (C=O) groups is 2. The lowest BCUT2D eigenvalue weighted by Crippen LogP contribution is -2.48. The maximum atomic E-state index is 12.2. The Balaban J connectivity index is 2.38. The zero-order valence-electron chi connectivity index (χ0n) is 14.5. The van der Waals surface area contributed by atoms with Gasteiger partial charge in [-0.3, -0.25) is 9.69 Å². The average Bonchev–Trinajstić information content (AvgIpc) is 2.84. The summed E-state index contributed by atoms with van der Waals surface area (Å²) in [5, 5.41) is 2.83. The molecule has 1 N–H and O–H groups in total. The van der Waals surface area contributed by atoms with Gasteiger partial charge in [-0.1, -0.05) is 13.8 Å². The van der Waals surface area contributed by atoms with E-state index >= 15 is 0 Å². The first kappa shape index (κ1) is 18.7. The molecule has 0 spiro atoms. The van der Waals surface area contributed by atoms with E-state index in [9.17, 15) is 9.59 Å².